The van der Waals surface area contributed by atoms with Gasteiger partial charge in [0.2, 0.25) is 0 Å². The maximum absolute atomic E-state index is 10.8. The molecule has 0 bridgehead atoms. The number of aromatic nitrogens is 2. The highest BCUT2D eigenvalue weighted by Crippen LogP contribution is 2.26. The summed E-state index contributed by atoms with van der Waals surface area (Å²) < 4.78 is 4.24. The van der Waals surface area contributed by atoms with E-state index in [1.807, 2.05) is 98.3 Å². The highest BCUT2D eigenvalue weighted by Gasteiger charge is 2.16. The van der Waals surface area contributed by atoms with E-state index in [1.54, 1.807) is 0 Å². The summed E-state index contributed by atoms with van der Waals surface area (Å²) in [6.45, 7) is 3.21. The lowest BCUT2D eigenvalue weighted by molar-refractivity contribution is 0.108. The van der Waals surface area contributed by atoms with Crippen molar-refractivity contribution in [3.63, 3.8) is 0 Å². The molecule has 6 nitrogen and oxygen atoms in total. The van der Waals surface area contributed by atoms with Crippen molar-refractivity contribution < 1.29 is 10.2 Å². The minimum Gasteiger partial charge on any atom is -0.390 e. The third-order valence-electron chi connectivity index (χ3n) is 8.52. The van der Waals surface area contributed by atoms with E-state index in [4.69, 9.17) is 0 Å². The van der Waals surface area contributed by atoms with E-state index in [0.29, 0.717) is 26.2 Å². The van der Waals surface area contributed by atoms with E-state index < -0.39 is 6.10 Å². The van der Waals surface area contributed by atoms with Crippen LogP contribution >= 0.6 is 0 Å². The van der Waals surface area contributed by atoms with Crippen molar-refractivity contribution in [1.29, 1.82) is 0 Å². The van der Waals surface area contributed by atoms with E-state index in [0.717, 1.165) is 23.4 Å². The van der Waals surface area contributed by atoms with Gasteiger partial charge < -0.3 is 24.2 Å². The summed E-state index contributed by atoms with van der Waals surface area (Å²) in [5.74, 6) is 0. The van der Waals surface area contributed by atoms with Crippen LogP contribution in [0.4, 0.5) is 11.4 Å². The van der Waals surface area contributed by atoms with Crippen LogP contribution in [-0.2, 0) is 19.6 Å². The number of anilines is 2. The number of fused-ring (bicyclic) bond motifs is 2. The minimum absolute atomic E-state index is 0.385. The van der Waals surface area contributed by atoms with Crippen LogP contribution < -0.4 is 4.90 Å². The van der Waals surface area contributed by atoms with Crippen LogP contribution in [0.3, 0.4) is 0 Å². The summed E-state index contributed by atoms with van der Waals surface area (Å²) in [6.07, 6.45) is 3.21. The summed E-state index contributed by atoms with van der Waals surface area (Å²) >= 11 is 0. The molecule has 0 fully saturated rings. The molecule has 6 heteroatoms. The molecule has 0 amide bonds. The van der Waals surface area contributed by atoms with Crippen molar-refractivity contribution in [3.05, 3.63) is 170 Å². The van der Waals surface area contributed by atoms with Gasteiger partial charge in [0.25, 0.3) is 0 Å². The predicted octanol–water partition coefficient (Wildman–Crippen LogP) is 7.97. The number of nitrogens with zero attached hydrogens (tertiary/aromatic N) is 4. The third kappa shape index (κ3) is 8.60. The quantitative estimate of drug-likeness (QED) is 0.143. The van der Waals surface area contributed by atoms with Crippen molar-refractivity contribution >= 4 is 33.2 Å². The normalized spacial score (nSPS) is 12.5. The van der Waals surface area contributed by atoms with Crippen molar-refractivity contribution in [3.8, 4) is 0 Å². The van der Waals surface area contributed by atoms with Crippen molar-refractivity contribution in [2.24, 2.45) is 0 Å². The topological polar surface area (TPSA) is 56.8 Å². The molecule has 2 heterocycles. The first-order valence-electron chi connectivity index (χ1n) is 16.6. The Bertz CT molecular complexity index is 1930. The summed E-state index contributed by atoms with van der Waals surface area (Å²) in [5.41, 5.74) is 5.75. The second-order valence-corrected chi connectivity index (χ2v) is 12.3. The molecule has 0 aliphatic carbocycles. The zero-order valence-electron chi connectivity index (χ0n) is 27.5. The lowest BCUT2D eigenvalue weighted by atomic mass is 10.2. The maximum Gasteiger partial charge on any atom is 0.0897 e. The summed E-state index contributed by atoms with van der Waals surface area (Å²) in [4.78, 5) is 4.32. The first-order valence-corrected chi connectivity index (χ1v) is 16.6. The van der Waals surface area contributed by atoms with Crippen LogP contribution in [-0.4, -0.2) is 56.6 Å². The van der Waals surface area contributed by atoms with Crippen LogP contribution in [0.25, 0.3) is 21.8 Å². The van der Waals surface area contributed by atoms with Gasteiger partial charge in [-0.15, -0.1) is 0 Å². The largest absolute Gasteiger partial charge is 0.390 e. The fourth-order valence-electron chi connectivity index (χ4n) is 6.28. The second-order valence-electron chi connectivity index (χ2n) is 12.3. The van der Waals surface area contributed by atoms with Gasteiger partial charge in [-0.3, -0.25) is 4.90 Å². The van der Waals surface area contributed by atoms with Gasteiger partial charge in [-0.25, -0.2) is 0 Å². The van der Waals surface area contributed by atoms with Gasteiger partial charge in [0.1, 0.15) is 0 Å². The van der Waals surface area contributed by atoms with Gasteiger partial charge in [-0.05, 0) is 71.9 Å². The summed E-state index contributed by atoms with van der Waals surface area (Å²) in [7, 11) is 2.05. The predicted molar refractivity (Wildman–Crippen MR) is 199 cm³/mol. The molecule has 0 aliphatic heterocycles. The smallest absolute Gasteiger partial charge is 0.0897 e. The lowest BCUT2D eigenvalue weighted by Crippen LogP contribution is -2.31. The highest BCUT2D eigenvalue weighted by atomic mass is 16.3. The number of benzene rings is 5. The molecule has 2 N–H and O–H groups in total. The van der Waals surface area contributed by atoms with E-state index in [9.17, 15) is 10.2 Å². The van der Waals surface area contributed by atoms with Crippen molar-refractivity contribution in [2.75, 3.05) is 25.0 Å². The van der Waals surface area contributed by atoms with E-state index in [1.165, 1.54) is 21.9 Å². The van der Waals surface area contributed by atoms with Gasteiger partial charge in [0.15, 0.2) is 0 Å². The fourth-order valence-corrected chi connectivity index (χ4v) is 6.28. The Labute approximate surface area is 283 Å². The van der Waals surface area contributed by atoms with Crippen molar-refractivity contribution in [1.82, 2.24) is 14.0 Å². The average molecular weight is 637 g/mol. The molecule has 244 valence electrons. The Morgan fingerprint density at radius 1 is 0.500 bits per heavy atom. The number of hydrogen-bond donors (Lipinski definition) is 2. The molecule has 7 aromatic rings. The third-order valence-corrected chi connectivity index (χ3v) is 8.52. The number of rotatable bonds is 12. The Morgan fingerprint density at radius 3 is 1.42 bits per heavy atom. The highest BCUT2D eigenvalue weighted by molar-refractivity contribution is 5.80. The first-order chi connectivity index (χ1) is 23.5. The zero-order valence-corrected chi connectivity index (χ0v) is 27.5. The Kier molecular flexibility index (Phi) is 11.0. The average Bonchev–Trinajstić information content (AvgIpc) is 3.72. The van der Waals surface area contributed by atoms with Crippen LogP contribution in [0.5, 0.6) is 0 Å². The number of aliphatic hydroxyl groups is 2. The molecule has 0 aliphatic rings. The lowest BCUT2D eigenvalue weighted by Gasteiger charge is -2.28. The van der Waals surface area contributed by atoms with Gasteiger partial charge in [0.05, 0.1) is 25.3 Å². The SMILES string of the molecule is CN(Cc1ccccc1)CC(O)Cn1ccc2ccccc21.OC(CN(c1ccccc1)c1ccccc1)Cn1ccc2ccccc21. The molecule has 2 atom stereocenters. The van der Waals surface area contributed by atoms with Gasteiger partial charge in [-0.1, -0.05) is 103 Å². The number of para-hydroxylation sites is 4. The molecule has 48 heavy (non-hydrogen) atoms. The molecule has 0 spiro atoms. The van der Waals surface area contributed by atoms with Crippen LogP contribution in [0, 0.1) is 0 Å². The summed E-state index contributed by atoms with van der Waals surface area (Å²) in [6, 6.07) is 51.5. The van der Waals surface area contributed by atoms with Crippen LogP contribution in [0.2, 0.25) is 0 Å². The number of likely N-dealkylation sites (N-methyl/N-ethyl adjacent to an activating group) is 1. The van der Waals surface area contributed by atoms with Crippen LogP contribution in [0.1, 0.15) is 5.56 Å². The number of hydrogen-bond acceptors (Lipinski definition) is 4. The van der Waals surface area contributed by atoms with E-state index in [-0.39, 0.29) is 6.10 Å². The number of aliphatic hydroxyl groups excluding tert-OH is 2. The Balaban J connectivity index is 0.000000170. The van der Waals surface area contributed by atoms with Gasteiger partial charge in [0, 0.05) is 54.4 Å². The first kappa shape index (κ1) is 32.8. The monoisotopic (exact) mass is 636 g/mol. The molecule has 7 rings (SSSR count). The molecule has 5 aromatic carbocycles. The van der Waals surface area contributed by atoms with Gasteiger partial charge >= 0.3 is 0 Å². The molecule has 0 saturated heterocycles. The zero-order chi connectivity index (χ0) is 33.1. The Morgan fingerprint density at radius 2 is 0.917 bits per heavy atom. The minimum atomic E-state index is -0.494. The molecule has 2 aromatic heterocycles. The van der Waals surface area contributed by atoms with Crippen molar-refractivity contribution in [2.45, 2.75) is 31.8 Å². The molecule has 0 radical (unpaired) electrons. The van der Waals surface area contributed by atoms with E-state index >= 15 is 0 Å². The van der Waals surface area contributed by atoms with Crippen LogP contribution in [0.15, 0.2) is 164 Å². The standard InChI is InChI=1S/C23H22N2O.C19H22N2O/c26-22(17-24-16-15-19-9-7-8-14-23(19)24)18-25(20-10-3-1-4-11-20)21-12-5-2-6-13-21;1-20(13-16-7-3-2-4-8-16)14-18(22)15-21-12-11-17-9-5-6-10-19(17)21/h1-16,22,26H,17-18H2;2-12,18,22H,13-15H2,1H3. The molecule has 2 unspecified atom stereocenters. The Hall–Kier alpha value is -5.14. The summed E-state index contributed by atoms with van der Waals surface area (Å²) in [5, 5.41) is 23.6. The van der Waals surface area contributed by atoms with E-state index in [2.05, 4.69) is 91.7 Å². The van der Waals surface area contributed by atoms with Gasteiger partial charge in [-0.2, -0.15) is 0 Å². The molecule has 0 saturated carbocycles. The molecular formula is C42H44N4O2. The maximum atomic E-state index is 10.8. The second kappa shape index (κ2) is 16.1. The molecular weight excluding hydrogens is 592 g/mol. The fraction of sp³-hybridized carbons (Fsp3) is 0.190.